The Morgan fingerprint density at radius 1 is 1.21 bits per heavy atom. The maximum atomic E-state index is 15.0. The van der Waals surface area contributed by atoms with Gasteiger partial charge in [0.15, 0.2) is 5.82 Å². The normalized spacial score (nSPS) is 11.6. The number of aromatic nitrogens is 7. The summed E-state index contributed by atoms with van der Waals surface area (Å²) in [7, 11) is 1.79. The summed E-state index contributed by atoms with van der Waals surface area (Å²) in [5, 5.41) is 10.9. The number of anilines is 2. The van der Waals surface area contributed by atoms with Gasteiger partial charge in [0.1, 0.15) is 12.1 Å². The zero-order valence-electron chi connectivity index (χ0n) is 19.6. The number of nitrogens with one attached hydrogen (secondary N) is 1. The number of nitrogens with zero attached hydrogens (tertiary/aromatic N) is 7. The van der Waals surface area contributed by atoms with Crippen LogP contribution in [0.25, 0.3) is 11.4 Å². The fraction of sp³-hybridized carbons (Fsp3) is 0.348. The summed E-state index contributed by atoms with van der Waals surface area (Å²) < 4.78 is 21.8. The minimum absolute atomic E-state index is 0.0403. The number of aryl methyl sites for hydroxylation is 3. The highest BCUT2D eigenvalue weighted by molar-refractivity contribution is 5.92. The Morgan fingerprint density at radius 3 is 2.68 bits per heavy atom. The third-order valence-corrected chi connectivity index (χ3v) is 5.14. The number of carbonyl (C=O) groups excluding carboxylic acids is 1. The van der Waals surface area contributed by atoms with Crippen LogP contribution in [0.15, 0.2) is 35.4 Å². The highest BCUT2D eigenvalue weighted by Crippen LogP contribution is 2.25. The molecular weight excluding hydrogens is 439 g/mol. The Balaban J connectivity index is 1.48. The summed E-state index contributed by atoms with van der Waals surface area (Å²) >= 11 is 0. The van der Waals surface area contributed by atoms with Gasteiger partial charge in [-0.3, -0.25) is 9.48 Å². The summed E-state index contributed by atoms with van der Waals surface area (Å²) in [6.45, 7) is 7.62. The maximum Gasteiger partial charge on any atom is 0.238 e. The van der Waals surface area contributed by atoms with Crippen LogP contribution in [0.2, 0.25) is 0 Å². The molecule has 0 fully saturated rings. The Hall–Kier alpha value is -4.02. The molecule has 0 saturated heterocycles. The van der Waals surface area contributed by atoms with Gasteiger partial charge in [0.25, 0.3) is 0 Å². The van der Waals surface area contributed by atoms with E-state index < -0.39 is 5.82 Å². The number of carbonyl (C=O) groups is 1. The van der Waals surface area contributed by atoms with E-state index in [1.165, 1.54) is 12.4 Å². The smallest absolute Gasteiger partial charge is 0.238 e. The molecular formula is C23H25FN8O2. The predicted molar refractivity (Wildman–Crippen MR) is 122 cm³/mol. The Morgan fingerprint density at radius 2 is 2.00 bits per heavy atom. The second kappa shape index (κ2) is 9.08. The van der Waals surface area contributed by atoms with Gasteiger partial charge < -0.3 is 9.84 Å². The standard InChI is InChI=1S/C23H25FN8O2/c1-13-8-16(19-25-12-26-22(30-19)28-15-10-27-32(5)11-15)17(24)9-14(13)6-7-18(33)20-29-21(34-31-20)23(2,3)4/h8-12H,6-7H2,1-5H3,(H,25,26,28,30). The monoisotopic (exact) mass is 464 g/mol. The number of Topliss-reactive ketones (excluding diaryl/α,β-unsaturated/α-hetero) is 1. The van der Waals surface area contributed by atoms with Crippen molar-refractivity contribution < 1.29 is 13.7 Å². The van der Waals surface area contributed by atoms with Crippen molar-refractivity contribution in [1.29, 1.82) is 0 Å². The van der Waals surface area contributed by atoms with Gasteiger partial charge in [0.2, 0.25) is 23.4 Å². The number of ketones is 1. The molecule has 11 heteroatoms. The number of hydrogen-bond acceptors (Lipinski definition) is 9. The van der Waals surface area contributed by atoms with Crippen LogP contribution in [-0.2, 0) is 18.9 Å². The first-order valence-corrected chi connectivity index (χ1v) is 10.7. The van der Waals surface area contributed by atoms with Gasteiger partial charge in [0, 0.05) is 25.1 Å². The number of benzene rings is 1. The summed E-state index contributed by atoms with van der Waals surface area (Å²) in [6.07, 6.45) is 5.19. The molecule has 0 spiro atoms. The van der Waals surface area contributed by atoms with Crippen LogP contribution in [0.4, 0.5) is 16.0 Å². The number of rotatable bonds is 7. The van der Waals surface area contributed by atoms with Crippen molar-refractivity contribution in [1.82, 2.24) is 34.9 Å². The van der Waals surface area contributed by atoms with E-state index in [9.17, 15) is 4.79 Å². The molecule has 4 aromatic rings. The Bertz CT molecular complexity index is 1340. The molecule has 0 unspecified atom stereocenters. The van der Waals surface area contributed by atoms with Gasteiger partial charge in [-0.25, -0.2) is 14.4 Å². The van der Waals surface area contributed by atoms with Gasteiger partial charge in [-0.2, -0.15) is 15.1 Å². The molecule has 1 N–H and O–H groups in total. The highest BCUT2D eigenvalue weighted by Gasteiger charge is 2.24. The molecule has 4 rings (SSSR count). The van der Waals surface area contributed by atoms with Gasteiger partial charge in [-0.15, -0.1) is 0 Å². The van der Waals surface area contributed by atoms with Crippen LogP contribution < -0.4 is 5.32 Å². The lowest BCUT2D eigenvalue weighted by Crippen LogP contribution is -2.12. The molecule has 3 heterocycles. The van der Waals surface area contributed by atoms with Crippen LogP contribution in [-0.4, -0.2) is 40.7 Å². The van der Waals surface area contributed by atoms with Crippen molar-refractivity contribution in [3.63, 3.8) is 0 Å². The average Bonchev–Trinajstić information content (AvgIpc) is 3.43. The van der Waals surface area contributed by atoms with Crippen molar-refractivity contribution in [3.05, 3.63) is 59.5 Å². The molecule has 0 aliphatic carbocycles. The first-order valence-electron chi connectivity index (χ1n) is 10.7. The van der Waals surface area contributed by atoms with E-state index in [1.807, 2.05) is 27.7 Å². The van der Waals surface area contributed by atoms with Crippen molar-refractivity contribution in [2.24, 2.45) is 7.05 Å². The number of hydrogen-bond donors (Lipinski definition) is 1. The molecule has 3 aromatic heterocycles. The Kier molecular flexibility index (Phi) is 6.18. The minimum atomic E-state index is -0.485. The van der Waals surface area contributed by atoms with Gasteiger partial charge in [-0.05, 0) is 36.6 Å². The first-order chi connectivity index (χ1) is 16.1. The van der Waals surface area contributed by atoms with Crippen LogP contribution in [0.5, 0.6) is 0 Å². The van der Waals surface area contributed by atoms with E-state index in [4.69, 9.17) is 4.52 Å². The summed E-state index contributed by atoms with van der Waals surface area (Å²) in [5.74, 6) is 0.175. The molecule has 10 nitrogen and oxygen atoms in total. The summed E-state index contributed by atoms with van der Waals surface area (Å²) in [5.41, 5.74) is 2.13. The lowest BCUT2D eigenvalue weighted by Gasteiger charge is -2.10. The molecule has 0 radical (unpaired) electrons. The van der Waals surface area contributed by atoms with E-state index in [-0.39, 0.29) is 40.8 Å². The minimum Gasteiger partial charge on any atom is -0.338 e. The van der Waals surface area contributed by atoms with Gasteiger partial charge in [0.05, 0.1) is 17.4 Å². The van der Waals surface area contributed by atoms with Crippen LogP contribution in [0.3, 0.4) is 0 Å². The molecule has 0 saturated carbocycles. The van der Waals surface area contributed by atoms with Crippen molar-refractivity contribution >= 4 is 17.4 Å². The van der Waals surface area contributed by atoms with E-state index in [0.29, 0.717) is 23.6 Å². The van der Waals surface area contributed by atoms with Crippen molar-refractivity contribution in [3.8, 4) is 11.4 Å². The highest BCUT2D eigenvalue weighted by atomic mass is 19.1. The zero-order valence-corrected chi connectivity index (χ0v) is 19.6. The quantitative estimate of drug-likeness (QED) is 0.405. The van der Waals surface area contributed by atoms with Crippen molar-refractivity contribution in [2.45, 2.75) is 46.0 Å². The van der Waals surface area contributed by atoms with Crippen LogP contribution >= 0.6 is 0 Å². The lowest BCUT2D eigenvalue weighted by molar-refractivity contribution is 0.0969. The van der Waals surface area contributed by atoms with Crippen LogP contribution in [0, 0.1) is 12.7 Å². The molecule has 0 amide bonds. The lowest BCUT2D eigenvalue weighted by atomic mass is 9.97. The second-order valence-electron chi connectivity index (χ2n) is 9.02. The molecule has 0 aliphatic heterocycles. The fourth-order valence-electron chi connectivity index (χ4n) is 3.27. The summed E-state index contributed by atoms with van der Waals surface area (Å²) in [4.78, 5) is 29.2. The third-order valence-electron chi connectivity index (χ3n) is 5.14. The molecule has 0 atom stereocenters. The Labute approximate surface area is 195 Å². The van der Waals surface area contributed by atoms with Gasteiger partial charge in [-0.1, -0.05) is 25.9 Å². The third kappa shape index (κ3) is 5.13. The number of halogens is 1. The average molecular weight is 465 g/mol. The van der Waals surface area contributed by atoms with E-state index in [2.05, 4.69) is 35.5 Å². The van der Waals surface area contributed by atoms with E-state index in [0.717, 1.165) is 5.56 Å². The SMILES string of the molecule is Cc1cc(-c2ncnc(Nc3cnn(C)c3)n2)c(F)cc1CCC(=O)c1noc(C(C)(C)C)n1. The largest absolute Gasteiger partial charge is 0.338 e. The van der Waals surface area contributed by atoms with Crippen LogP contribution in [0.1, 0.15) is 54.8 Å². The van der Waals surface area contributed by atoms with Crippen molar-refractivity contribution in [2.75, 3.05) is 5.32 Å². The zero-order chi connectivity index (χ0) is 24.5. The molecule has 1 aromatic carbocycles. The van der Waals surface area contributed by atoms with E-state index >= 15 is 4.39 Å². The molecule has 34 heavy (non-hydrogen) atoms. The van der Waals surface area contributed by atoms with E-state index in [1.54, 1.807) is 30.2 Å². The predicted octanol–water partition coefficient (Wildman–Crippen LogP) is 3.96. The second-order valence-corrected chi connectivity index (χ2v) is 9.02. The fourth-order valence-corrected chi connectivity index (χ4v) is 3.27. The first kappa shape index (κ1) is 23.1. The molecule has 0 bridgehead atoms. The topological polar surface area (TPSA) is 125 Å². The molecule has 176 valence electrons. The summed E-state index contributed by atoms with van der Waals surface area (Å²) in [6, 6.07) is 3.08. The molecule has 0 aliphatic rings. The maximum absolute atomic E-state index is 15.0. The van der Waals surface area contributed by atoms with Gasteiger partial charge >= 0.3 is 0 Å².